The van der Waals surface area contributed by atoms with Gasteiger partial charge in [-0.25, -0.2) is 0 Å². The molecule has 1 aromatic rings. The molecule has 2 unspecified atom stereocenters. The van der Waals surface area contributed by atoms with Gasteiger partial charge in [0.15, 0.2) is 0 Å². The first-order valence-electron chi connectivity index (χ1n) is 6.11. The molecular weight excluding hydrogens is 198 g/mol. The van der Waals surface area contributed by atoms with E-state index in [1.165, 1.54) is 11.1 Å². The number of hydrogen-bond donors (Lipinski definition) is 1. The lowest BCUT2D eigenvalue weighted by Gasteiger charge is -2.31. The summed E-state index contributed by atoms with van der Waals surface area (Å²) in [7, 11) is 2.06. The lowest BCUT2D eigenvalue weighted by atomic mass is 9.88. The van der Waals surface area contributed by atoms with Crippen LogP contribution in [0.4, 0.5) is 0 Å². The van der Waals surface area contributed by atoms with Gasteiger partial charge in [0.25, 0.3) is 0 Å². The first-order chi connectivity index (χ1) is 7.81. The summed E-state index contributed by atoms with van der Waals surface area (Å²) in [5.74, 6) is 0.611. The minimum absolute atomic E-state index is 0.605. The Kier molecular flexibility index (Phi) is 3.97. The van der Waals surface area contributed by atoms with Gasteiger partial charge in [0.05, 0.1) is 6.61 Å². The Morgan fingerprint density at radius 2 is 2.19 bits per heavy atom. The molecule has 0 saturated carbocycles. The molecule has 0 bridgehead atoms. The van der Waals surface area contributed by atoms with Gasteiger partial charge in [0.1, 0.15) is 0 Å². The van der Waals surface area contributed by atoms with Crippen LogP contribution >= 0.6 is 0 Å². The van der Waals surface area contributed by atoms with Crippen LogP contribution in [0, 0.1) is 12.8 Å². The van der Waals surface area contributed by atoms with E-state index in [-0.39, 0.29) is 0 Å². The van der Waals surface area contributed by atoms with Crippen LogP contribution in [0.5, 0.6) is 0 Å². The van der Waals surface area contributed by atoms with Crippen LogP contribution in [0.25, 0.3) is 0 Å². The van der Waals surface area contributed by atoms with Crippen LogP contribution in [-0.4, -0.2) is 26.3 Å². The molecule has 1 saturated heterocycles. The van der Waals surface area contributed by atoms with Gasteiger partial charge in [-0.1, -0.05) is 24.3 Å². The van der Waals surface area contributed by atoms with Gasteiger partial charge in [0.2, 0.25) is 0 Å². The summed E-state index contributed by atoms with van der Waals surface area (Å²) in [4.78, 5) is 0. The molecule has 2 rings (SSSR count). The van der Waals surface area contributed by atoms with E-state index < -0.39 is 0 Å². The molecule has 0 aromatic heterocycles. The summed E-state index contributed by atoms with van der Waals surface area (Å²) in [6, 6.07) is 9.25. The van der Waals surface area contributed by atoms with E-state index in [1.54, 1.807) is 0 Å². The summed E-state index contributed by atoms with van der Waals surface area (Å²) < 4.78 is 5.59. The van der Waals surface area contributed by atoms with Crippen molar-refractivity contribution in [1.82, 2.24) is 5.32 Å². The molecule has 16 heavy (non-hydrogen) atoms. The fourth-order valence-electron chi connectivity index (χ4n) is 2.50. The highest BCUT2D eigenvalue weighted by Gasteiger charge is 2.24. The van der Waals surface area contributed by atoms with Crippen LogP contribution in [0.15, 0.2) is 24.3 Å². The molecule has 2 heteroatoms. The fourth-order valence-corrected chi connectivity index (χ4v) is 2.50. The Morgan fingerprint density at radius 1 is 1.38 bits per heavy atom. The Balaban J connectivity index is 2.05. The molecule has 1 fully saturated rings. The van der Waals surface area contributed by atoms with E-state index >= 15 is 0 Å². The third-order valence-electron chi connectivity index (χ3n) is 3.59. The van der Waals surface area contributed by atoms with Crippen LogP contribution < -0.4 is 5.32 Å². The molecule has 1 N–H and O–H groups in total. The standard InChI is InChI=1S/C14H21NO/c1-11-5-3-4-6-12(11)9-13-10-16-8-7-14(13)15-2/h3-6,13-15H,7-10H2,1-2H3. The van der Waals surface area contributed by atoms with Crippen LogP contribution in [0.3, 0.4) is 0 Å². The van der Waals surface area contributed by atoms with Crippen molar-refractivity contribution in [3.63, 3.8) is 0 Å². The number of aryl methyl sites for hydroxylation is 1. The monoisotopic (exact) mass is 219 g/mol. The molecule has 0 radical (unpaired) electrons. The molecule has 1 heterocycles. The lowest BCUT2D eigenvalue weighted by molar-refractivity contribution is 0.0342. The molecular formula is C14H21NO. The predicted octanol–water partition coefficient (Wildman–Crippen LogP) is 2.16. The topological polar surface area (TPSA) is 21.3 Å². The zero-order chi connectivity index (χ0) is 11.4. The number of benzene rings is 1. The maximum absolute atomic E-state index is 5.59. The quantitative estimate of drug-likeness (QED) is 0.841. The number of nitrogens with one attached hydrogen (secondary N) is 1. The molecule has 2 nitrogen and oxygen atoms in total. The SMILES string of the molecule is CNC1CCOCC1Cc1ccccc1C. The van der Waals surface area contributed by atoms with Crippen molar-refractivity contribution in [3.8, 4) is 0 Å². The van der Waals surface area contributed by atoms with Crippen molar-refractivity contribution in [2.24, 2.45) is 5.92 Å². The average molecular weight is 219 g/mol. The maximum atomic E-state index is 5.59. The second-order valence-electron chi connectivity index (χ2n) is 4.65. The average Bonchev–Trinajstić information content (AvgIpc) is 2.33. The largest absolute Gasteiger partial charge is 0.381 e. The smallest absolute Gasteiger partial charge is 0.0512 e. The van der Waals surface area contributed by atoms with E-state index in [0.29, 0.717) is 12.0 Å². The maximum Gasteiger partial charge on any atom is 0.0512 e. The van der Waals surface area contributed by atoms with Gasteiger partial charge < -0.3 is 10.1 Å². The zero-order valence-corrected chi connectivity index (χ0v) is 10.2. The molecule has 0 spiro atoms. The zero-order valence-electron chi connectivity index (χ0n) is 10.2. The lowest BCUT2D eigenvalue weighted by Crippen LogP contribution is -2.42. The first kappa shape index (κ1) is 11.6. The molecule has 1 aliphatic rings. The Hall–Kier alpha value is -0.860. The minimum Gasteiger partial charge on any atom is -0.381 e. The van der Waals surface area contributed by atoms with E-state index in [0.717, 1.165) is 26.1 Å². The van der Waals surface area contributed by atoms with Gasteiger partial charge in [0, 0.05) is 18.6 Å². The molecule has 0 aliphatic carbocycles. The van der Waals surface area contributed by atoms with Crippen LogP contribution in [0.2, 0.25) is 0 Å². The van der Waals surface area contributed by atoms with Gasteiger partial charge >= 0.3 is 0 Å². The Labute approximate surface area is 98.0 Å². The molecule has 88 valence electrons. The molecule has 1 aliphatic heterocycles. The second kappa shape index (κ2) is 5.46. The normalized spacial score (nSPS) is 25.6. The van der Waals surface area contributed by atoms with E-state index in [1.807, 2.05) is 0 Å². The number of ether oxygens (including phenoxy) is 1. The highest BCUT2D eigenvalue weighted by molar-refractivity contribution is 5.26. The summed E-state index contributed by atoms with van der Waals surface area (Å²) in [6.07, 6.45) is 2.26. The number of hydrogen-bond acceptors (Lipinski definition) is 2. The van der Waals surface area contributed by atoms with Crippen molar-refractivity contribution >= 4 is 0 Å². The van der Waals surface area contributed by atoms with Crippen molar-refractivity contribution in [2.45, 2.75) is 25.8 Å². The highest BCUT2D eigenvalue weighted by atomic mass is 16.5. The molecule has 2 atom stereocenters. The summed E-state index contributed by atoms with van der Waals surface area (Å²) >= 11 is 0. The summed E-state index contributed by atoms with van der Waals surface area (Å²) in [5, 5.41) is 3.41. The highest BCUT2D eigenvalue weighted by Crippen LogP contribution is 2.21. The van der Waals surface area contributed by atoms with Crippen molar-refractivity contribution < 1.29 is 4.74 Å². The van der Waals surface area contributed by atoms with Gasteiger partial charge in [-0.15, -0.1) is 0 Å². The van der Waals surface area contributed by atoms with Gasteiger partial charge in [-0.2, -0.15) is 0 Å². The minimum atomic E-state index is 0.605. The van der Waals surface area contributed by atoms with Gasteiger partial charge in [-0.3, -0.25) is 0 Å². The third-order valence-corrected chi connectivity index (χ3v) is 3.59. The third kappa shape index (κ3) is 2.63. The van der Waals surface area contributed by atoms with Crippen molar-refractivity contribution in [1.29, 1.82) is 0 Å². The van der Waals surface area contributed by atoms with E-state index in [2.05, 4.69) is 43.6 Å². The van der Waals surface area contributed by atoms with Crippen molar-refractivity contribution in [2.75, 3.05) is 20.3 Å². The Morgan fingerprint density at radius 3 is 2.94 bits per heavy atom. The summed E-state index contributed by atoms with van der Waals surface area (Å²) in [6.45, 7) is 3.98. The molecule has 0 amide bonds. The predicted molar refractivity (Wildman–Crippen MR) is 66.7 cm³/mol. The molecule has 1 aromatic carbocycles. The van der Waals surface area contributed by atoms with Gasteiger partial charge in [-0.05, 0) is 37.9 Å². The summed E-state index contributed by atoms with van der Waals surface area (Å²) in [5.41, 5.74) is 2.85. The fraction of sp³-hybridized carbons (Fsp3) is 0.571. The van der Waals surface area contributed by atoms with Crippen LogP contribution in [0.1, 0.15) is 17.5 Å². The second-order valence-corrected chi connectivity index (χ2v) is 4.65. The van der Waals surface area contributed by atoms with Crippen LogP contribution in [-0.2, 0) is 11.2 Å². The first-order valence-corrected chi connectivity index (χ1v) is 6.11. The van der Waals surface area contributed by atoms with Crippen molar-refractivity contribution in [3.05, 3.63) is 35.4 Å². The Bertz CT molecular complexity index is 337. The van der Waals surface area contributed by atoms with E-state index in [4.69, 9.17) is 4.74 Å². The van der Waals surface area contributed by atoms with E-state index in [9.17, 15) is 0 Å². The number of rotatable bonds is 3.